The molecular formula is C15H13NO3. The molecule has 4 heteroatoms. The minimum atomic E-state index is -0.399. The van der Waals surface area contributed by atoms with Crippen LogP contribution in [0.15, 0.2) is 36.4 Å². The second-order valence-electron chi connectivity index (χ2n) is 4.26. The molecule has 0 unspecified atom stereocenters. The number of esters is 1. The van der Waals surface area contributed by atoms with Crippen molar-refractivity contribution in [2.75, 3.05) is 14.2 Å². The number of methoxy groups -OCH3 is 2. The fourth-order valence-electron chi connectivity index (χ4n) is 2.32. The number of fused-ring (bicyclic) bond motifs is 3. The molecule has 0 aliphatic rings. The lowest BCUT2D eigenvalue weighted by atomic mass is 10.1. The molecule has 0 aliphatic carbocycles. The van der Waals surface area contributed by atoms with E-state index in [0.29, 0.717) is 11.3 Å². The summed E-state index contributed by atoms with van der Waals surface area (Å²) in [6.45, 7) is 0. The van der Waals surface area contributed by atoms with Crippen LogP contribution in [0.1, 0.15) is 10.4 Å². The minimum absolute atomic E-state index is 0.399. The van der Waals surface area contributed by atoms with Gasteiger partial charge in [0.05, 0.1) is 19.7 Å². The van der Waals surface area contributed by atoms with E-state index >= 15 is 0 Å². The summed E-state index contributed by atoms with van der Waals surface area (Å²) >= 11 is 0. The molecule has 0 bridgehead atoms. The summed E-state index contributed by atoms with van der Waals surface area (Å²) in [5.41, 5.74) is 2.40. The van der Waals surface area contributed by atoms with E-state index in [4.69, 9.17) is 9.47 Å². The Bertz CT molecular complexity index is 774. The van der Waals surface area contributed by atoms with Crippen LogP contribution in [-0.4, -0.2) is 25.2 Å². The maximum Gasteiger partial charge on any atom is 0.341 e. The number of hydrogen-bond donors (Lipinski definition) is 1. The molecule has 0 aliphatic heterocycles. The number of carbonyl (C=O) groups excluding carboxylic acids is 1. The van der Waals surface area contributed by atoms with Gasteiger partial charge in [0, 0.05) is 22.4 Å². The molecule has 0 spiro atoms. The first-order valence-electron chi connectivity index (χ1n) is 5.91. The number of H-pyrrole nitrogens is 1. The molecule has 2 aromatic carbocycles. The van der Waals surface area contributed by atoms with Gasteiger partial charge in [-0.25, -0.2) is 4.79 Å². The van der Waals surface area contributed by atoms with E-state index in [2.05, 4.69) is 4.98 Å². The summed E-state index contributed by atoms with van der Waals surface area (Å²) in [4.78, 5) is 15.1. The highest BCUT2D eigenvalue weighted by Gasteiger charge is 2.16. The quantitative estimate of drug-likeness (QED) is 0.716. The lowest BCUT2D eigenvalue weighted by Crippen LogP contribution is -2.03. The number of rotatable bonds is 2. The van der Waals surface area contributed by atoms with Crippen molar-refractivity contribution in [3.63, 3.8) is 0 Å². The Labute approximate surface area is 109 Å². The third kappa shape index (κ3) is 1.73. The van der Waals surface area contributed by atoms with Crippen LogP contribution in [0.4, 0.5) is 0 Å². The predicted octanol–water partition coefficient (Wildman–Crippen LogP) is 3.12. The Kier molecular flexibility index (Phi) is 2.63. The number of para-hydroxylation sites is 1. The molecule has 4 nitrogen and oxygen atoms in total. The summed E-state index contributed by atoms with van der Waals surface area (Å²) in [5.74, 6) is 0.106. The number of benzene rings is 2. The maximum absolute atomic E-state index is 11.8. The van der Waals surface area contributed by atoms with Crippen LogP contribution in [-0.2, 0) is 4.74 Å². The van der Waals surface area contributed by atoms with Crippen LogP contribution >= 0.6 is 0 Å². The third-order valence-corrected chi connectivity index (χ3v) is 3.23. The van der Waals surface area contributed by atoms with Crippen molar-refractivity contribution in [3.8, 4) is 5.75 Å². The van der Waals surface area contributed by atoms with Gasteiger partial charge in [-0.1, -0.05) is 18.2 Å². The molecule has 1 heterocycles. The molecule has 19 heavy (non-hydrogen) atoms. The molecule has 96 valence electrons. The molecule has 0 saturated heterocycles. The van der Waals surface area contributed by atoms with Gasteiger partial charge < -0.3 is 14.5 Å². The van der Waals surface area contributed by atoms with E-state index in [0.717, 1.165) is 21.8 Å². The summed E-state index contributed by atoms with van der Waals surface area (Å²) < 4.78 is 10.0. The summed E-state index contributed by atoms with van der Waals surface area (Å²) in [5, 5.41) is 2.06. The first-order chi connectivity index (χ1) is 9.24. The Morgan fingerprint density at radius 2 is 1.84 bits per heavy atom. The average Bonchev–Trinajstić information content (AvgIpc) is 2.82. The average molecular weight is 255 g/mol. The number of nitrogens with one attached hydrogen (secondary N) is 1. The number of carbonyl (C=O) groups is 1. The van der Waals surface area contributed by atoms with Crippen molar-refractivity contribution < 1.29 is 14.3 Å². The van der Waals surface area contributed by atoms with Gasteiger partial charge in [-0.2, -0.15) is 0 Å². The summed E-state index contributed by atoms with van der Waals surface area (Å²) in [7, 11) is 2.90. The van der Waals surface area contributed by atoms with E-state index < -0.39 is 5.97 Å². The zero-order valence-electron chi connectivity index (χ0n) is 10.7. The first kappa shape index (κ1) is 11.6. The van der Waals surface area contributed by atoms with Crippen LogP contribution < -0.4 is 4.74 Å². The van der Waals surface area contributed by atoms with Crippen molar-refractivity contribution in [2.45, 2.75) is 0 Å². The highest BCUT2D eigenvalue weighted by molar-refractivity contribution is 6.10. The first-order valence-corrected chi connectivity index (χ1v) is 5.91. The predicted molar refractivity (Wildman–Crippen MR) is 73.7 cm³/mol. The monoisotopic (exact) mass is 255 g/mol. The summed E-state index contributed by atoms with van der Waals surface area (Å²) in [6.07, 6.45) is 0. The van der Waals surface area contributed by atoms with E-state index in [9.17, 15) is 4.79 Å². The molecule has 3 rings (SSSR count). The standard InChI is InChI=1S/C15H13NO3/c1-18-14-8-13-10(7-11(14)15(17)19-2)9-5-3-4-6-12(9)16-13/h3-8,16H,1-2H3. The number of aromatic amines is 1. The zero-order chi connectivity index (χ0) is 13.4. The van der Waals surface area contributed by atoms with Gasteiger partial charge in [0.15, 0.2) is 0 Å². The molecule has 1 aromatic heterocycles. The number of aromatic nitrogens is 1. The Morgan fingerprint density at radius 3 is 2.58 bits per heavy atom. The molecule has 1 N–H and O–H groups in total. The normalized spacial score (nSPS) is 10.8. The highest BCUT2D eigenvalue weighted by atomic mass is 16.5. The van der Waals surface area contributed by atoms with Crippen molar-refractivity contribution in [1.82, 2.24) is 4.98 Å². The van der Waals surface area contributed by atoms with Gasteiger partial charge in [0.1, 0.15) is 11.3 Å². The lowest BCUT2D eigenvalue weighted by Gasteiger charge is -2.06. The van der Waals surface area contributed by atoms with Crippen molar-refractivity contribution in [2.24, 2.45) is 0 Å². The second kappa shape index (κ2) is 4.31. The van der Waals surface area contributed by atoms with Crippen molar-refractivity contribution in [3.05, 3.63) is 42.0 Å². The number of hydrogen-bond acceptors (Lipinski definition) is 3. The molecule has 3 aromatic rings. The lowest BCUT2D eigenvalue weighted by molar-refractivity contribution is 0.0597. The van der Waals surface area contributed by atoms with E-state index in [1.54, 1.807) is 6.07 Å². The largest absolute Gasteiger partial charge is 0.496 e. The fraction of sp³-hybridized carbons (Fsp3) is 0.133. The van der Waals surface area contributed by atoms with Crippen LogP contribution in [0.3, 0.4) is 0 Å². The van der Waals surface area contributed by atoms with Gasteiger partial charge in [0.25, 0.3) is 0 Å². The Morgan fingerprint density at radius 1 is 1.05 bits per heavy atom. The minimum Gasteiger partial charge on any atom is -0.496 e. The molecular weight excluding hydrogens is 242 g/mol. The van der Waals surface area contributed by atoms with Gasteiger partial charge in [0.2, 0.25) is 0 Å². The van der Waals surface area contributed by atoms with Crippen LogP contribution in [0.2, 0.25) is 0 Å². The highest BCUT2D eigenvalue weighted by Crippen LogP contribution is 2.31. The SMILES string of the molecule is COC(=O)c1cc2c(cc1OC)[nH]c1ccccc12. The molecule has 0 radical (unpaired) electrons. The zero-order valence-corrected chi connectivity index (χ0v) is 10.7. The molecule has 0 saturated carbocycles. The van der Waals surface area contributed by atoms with Gasteiger partial charge >= 0.3 is 5.97 Å². The fourth-order valence-corrected chi connectivity index (χ4v) is 2.32. The molecule has 0 atom stereocenters. The third-order valence-electron chi connectivity index (χ3n) is 3.23. The van der Waals surface area contributed by atoms with Crippen molar-refractivity contribution >= 4 is 27.8 Å². The molecule has 0 amide bonds. The maximum atomic E-state index is 11.8. The topological polar surface area (TPSA) is 51.3 Å². The molecule has 0 fully saturated rings. The summed E-state index contributed by atoms with van der Waals surface area (Å²) in [6, 6.07) is 11.6. The van der Waals surface area contributed by atoms with Crippen LogP contribution in [0.25, 0.3) is 21.8 Å². The van der Waals surface area contributed by atoms with Crippen LogP contribution in [0, 0.1) is 0 Å². The van der Waals surface area contributed by atoms with Crippen molar-refractivity contribution in [1.29, 1.82) is 0 Å². The van der Waals surface area contributed by atoms with Gasteiger partial charge in [-0.05, 0) is 12.1 Å². The van der Waals surface area contributed by atoms with E-state index in [1.165, 1.54) is 14.2 Å². The van der Waals surface area contributed by atoms with E-state index in [-0.39, 0.29) is 0 Å². The van der Waals surface area contributed by atoms with Crippen LogP contribution in [0.5, 0.6) is 5.75 Å². The van der Waals surface area contributed by atoms with Gasteiger partial charge in [-0.3, -0.25) is 0 Å². The van der Waals surface area contributed by atoms with Gasteiger partial charge in [-0.15, -0.1) is 0 Å². The Hall–Kier alpha value is -2.49. The second-order valence-corrected chi connectivity index (χ2v) is 4.26. The number of ether oxygens (including phenoxy) is 2. The Balaban J connectivity index is 2.37. The van der Waals surface area contributed by atoms with E-state index in [1.807, 2.05) is 30.3 Å². The smallest absolute Gasteiger partial charge is 0.341 e.